The van der Waals surface area contributed by atoms with Crippen LogP contribution in [0.3, 0.4) is 0 Å². The van der Waals surface area contributed by atoms with Crippen molar-refractivity contribution in [1.29, 1.82) is 0 Å². The van der Waals surface area contributed by atoms with E-state index in [1.165, 1.54) is 69.7 Å². The Labute approximate surface area is 299 Å². The summed E-state index contributed by atoms with van der Waals surface area (Å²) in [5.74, 6) is 0. The second kappa shape index (κ2) is 12.0. The zero-order valence-electron chi connectivity index (χ0n) is 27.1. The summed E-state index contributed by atoms with van der Waals surface area (Å²) in [7, 11) is 0. The fourth-order valence-electron chi connectivity index (χ4n) is 7.68. The molecule has 0 saturated heterocycles. The molecular formula is C46H30IN3. The number of rotatable bonds is 4. The molecule has 0 unspecified atom stereocenters. The standard InChI is InChI=1S/C46H30IN3/c1-2-4-13-32(12-3-1)50-42-20-10-9-17-36(42)41-28-30(22-24-43(41)50)33-14-5-6-15-34(33)37-19-11-25-47-44(37)31-21-23-39-40(29-31)35-16-7-8-18-38(35)45-46(39)49-27-26-48-45/h1-3,5-29H,4H2. The Morgan fingerprint density at radius 3 is 2.12 bits per heavy atom. The van der Waals surface area contributed by atoms with Crippen molar-refractivity contribution in [2.75, 3.05) is 0 Å². The monoisotopic (exact) mass is 751 g/mol. The molecule has 3 heterocycles. The topological polar surface area (TPSA) is 30.7 Å². The lowest BCUT2D eigenvalue weighted by atomic mass is 9.91. The quantitative estimate of drug-likeness (QED) is 0.132. The second-order valence-corrected chi connectivity index (χ2v) is 15.1. The summed E-state index contributed by atoms with van der Waals surface area (Å²) in [4.78, 5) is 9.52. The molecule has 0 spiro atoms. The van der Waals surface area contributed by atoms with Gasteiger partial charge in [0, 0.05) is 43.2 Å². The number of para-hydroxylation sites is 1. The minimum atomic E-state index is -0.356. The Balaban J connectivity index is 1.16. The fourth-order valence-corrected chi connectivity index (χ4v) is 9.96. The van der Waals surface area contributed by atoms with E-state index in [4.69, 9.17) is 9.97 Å². The third-order valence-electron chi connectivity index (χ3n) is 9.88. The maximum absolute atomic E-state index is 4.79. The van der Waals surface area contributed by atoms with Crippen LogP contribution in [0.4, 0.5) is 0 Å². The van der Waals surface area contributed by atoms with E-state index in [-0.39, 0.29) is 20.7 Å². The van der Waals surface area contributed by atoms with E-state index < -0.39 is 0 Å². The molecule has 0 atom stereocenters. The molecule has 236 valence electrons. The minimum absolute atomic E-state index is 0.356. The highest BCUT2D eigenvalue weighted by Crippen LogP contribution is 2.44. The summed E-state index contributed by atoms with van der Waals surface area (Å²) < 4.78 is 6.22. The van der Waals surface area contributed by atoms with Crippen molar-refractivity contribution in [3.8, 4) is 11.1 Å². The van der Waals surface area contributed by atoms with Crippen LogP contribution in [0.25, 0.3) is 80.4 Å². The minimum Gasteiger partial charge on any atom is -0.310 e. The first-order chi connectivity index (χ1) is 24.8. The van der Waals surface area contributed by atoms with Crippen LogP contribution in [0.15, 0.2) is 164 Å². The molecule has 6 aromatic carbocycles. The molecule has 0 fully saturated rings. The number of hydrogen-bond donors (Lipinski definition) is 0. The Morgan fingerprint density at radius 1 is 0.540 bits per heavy atom. The average Bonchev–Trinajstić information content (AvgIpc) is 3.30. The highest BCUT2D eigenvalue weighted by Gasteiger charge is 2.19. The summed E-state index contributed by atoms with van der Waals surface area (Å²) in [6.45, 7) is 0. The van der Waals surface area contributed by atoms with E-state index in [9.17, 15) is 0 Å². The molecule has 0 bridgehead atoms. The van der Waals surface area contributed by atoms with Gasteiger partial charge in [-0.25, -0.2) is 0 Å². The molecule has 2 aromatic heterocycles. The van der Waals surface area contributed by atoms with Gasteiger partial charge in [0.15, 0.2) is 0 Å². The predicted molar refractivity (Wildman–Crippen MR) is 223 cm³/mol. The van der Waals surface area contributed by atoms with Crippen LogP contribution in [-0.4, -0.2) is 18.5 Å². The number of hydrogen-bond acceptors (Lipinski definition) is 2. The summed E-state index contributed by atoms with van der Waals surface area (Å²) >= 11 is -0.356. The zero-order chi connectivity index (χ0) is 33.0. The second-order valence-electron chi connectivity index (χ2n) is 12.7. The number of fused-ring (bicyclic) bond motifs is 9. The van der Waals surface area contributed by atoms with Crippen molar-refractivity contribution in [1.82, 2.24) is 14.5 Å². The normalized spacial score (nSPS) is 14.6. The van der Waals surface area contributed by atoms with Gasteiger partial charge in [-0.05, 0) is 79.4 Å². The number of allylic oxidation sites excluding steroid dienone is 9. The maximum atomic E-state index is 4.79. The molecule has 1 aliphatic carbocycles. The SMILES string of the molecule is C1=CCC=C(n2c3ccccc3c3cc(-c4ccccc4C4=C(c5ccc6c(c5)c5ccccc5c5nccnc65)I=CC=C4)ccc32)C=C1. The first-order valence-corrected chi connectivity index (χ1v) is 19.3. The van der Waals surface area contributed by atoms with Gasteiger partial charge < -0.3 is 4.57 Å². The zero-order valence-corrected chi connectivity index (χ0v) is 29.3. The molecule has 2 aliphatic rings. The number of aromatic nitrogens is 3. The molecule has 8 aromatic rings. The van der Waals surface area contributed by atoms with Gasteiger partial charge in [0.05, 0.1) is 22.1 Å². The number of nitrogens with zero attached hydrogens (tertiary/aromatic N) is 3. The van der Waals surface area contributed by atoms with Crippen molar-refractivity contribution in [3.63, 3.8) is 0 Å². The van der Waals surface area contributed by atoms with Crippen molar-refractivity contribution < 1.29 is 0 Å². The van der Waals surface area contributed by atoms with Crippen molar-refractivity contribution in [2.45, 2.75) is 6.42 Å². The average molecular weight is 752 g/mol. The Hall–Kier alpha value is -5.72. The van der Waals surface area contributed by atoms with Gasteiger partial charge in [0.1, 0.15) is 0 Å². The van der Waals surface area contributed by atoms with Gasteiger partial charge >= 0.3 is 0 Å². The molecule has 0 N–H and O–H groups in total. The van der Waals surface area contributed by atoms with Crippen LogP contribution in [-0.2, 0) is 0 Å². The van der Waals surface area contributed by atoms with E-state index in [0.29, 0.717) is 0 Å². The molecule has 3 nitrogen and oxygen atoms in total. The summed E-state index contributed by atoms with van der Waals surface area (Å²) in [5.41, 5.74) is 11.9. The summed E-state index contributed by atoms with van der Waals surface area (Å²) in [6.07, 6.45) is 20.1. The lowest BCUT2D eigenvalue weighted by Gasteiger charge is -2.17. The molecule has 10 rings (SSSR count). The van der Waals surface area contributed by atoms with Crippen LogP contribution < -0.4 is 0 Å². The Bertz CT molecular complexity index is 2860. The lowest BCUT2D eigenvalue weighted by Crippen LogP contribution is -1.95. The first-order valence-electron chi connectivity index (χ1n) is 16.9. The lowest BCUT2D eigenvalue weighted by molar-refractivity contribution is 1.22. The number of halogens is 1. The fraction of sp³-hybridized carbons (Fsp3) is 0.0217. The van der Waals surface area contributed by atoms with E-state index in [2.05, 4.69) is 160 Å². The predicted octanol–water partition coefficient (Wildman–Crippen LogP) is 12.3. The van der Waals surface area contributed by atoms with Crippen LogP contribution in [0, 0.1) is 0 Å². The van der Waals surface area contributed by atoms with Gasteiger partial charge in [-0.2, -0.15) is 0 Å². The van der Waals surface area contributed by atoms with E-state index >= 15 is 0 Å². The number of benzene rings is 6. The highest BCUT2D eigenvalue weighted by atomic mass is 127. The molecule has 1 aliphatic heterocycles. The van der Waals surface area contributed by atoms with Crippen LogP contribution >= 0.6 is 20.7 Å². The van der Waals surface area contributed by atoms with Crippen molar-refractivity contribution in [3.05, 3.63) is 175 Å². The molecule has 4 heteroatoms. The van der Waals surface area contributed by atoms with Gasteiger partial charge in [-0.1, -0.05) is 142 Å². The summed E-state index contributed by atoms with van der Waals surface area (Å²) in [5, 5.41) is 7.26. The van der Waals surface area contributed by atoms with Gasteiger partial charge in [0.2, 0.25) is 0 Å². The molecule has 50 heavy (non-hydrogen) atoms. The van der Waals surface area contributed by atoms with Crippen LogP contribution in [0.1, 0.15) is 17.5 Å². The summed E-state index contributed by atoms with van der Waals surface area (Å²) in [6, 6.07) is 40.3. The third kappa shape index (κ3) is 4.66. The van der Waals surface area contributed by atoms with E-state index in [1.54, 1.807) is 12.4 Å². The largest absolute Gasteiger partial charge is 0.310 e. The smallest absolute Gasteiger partial charge is 0.0971 e. The van der Waals surface area contributed by atoms with Crippen LogP contribution in [0.2, 0.25) is 0 Å². The third-order valence-corrected chi connectivity index (χ3v) is 12.5. The van der Waals surface area contributed by atoms with Crippen molar-refractivity contribution >= 4 is 94.0 Å². The molecule has 0 amide bonds. The van der Waals surface area contributed by atoms with Gasteiger partial charge in [-0.3, -0.25) is 9.97 Å². The highest BCUT2D eigenvalue weighted by molar-refractivity contribution is 14.2. The van der Waals surface area contributed by atoms with Gasteiger partial charge in [0.25, 0.3) is 0 Å². The Morgan fingerprint density at radius 2 is 1.24 bits per heavy atom. The molecular weight excluding hydrogens is 721 g/mol. The maximum Gasteiger partial charge on any atom is 0.0971 e. The molecule has 0 saturated carbocycles. The van der Waals surface area contributed by atoms with Crippen molar-refractivity contribution in [2.24, 2.45) is 0 Å². The molecule has 0 radical (unpaired) electrons. The Kier molecular flexibility index (Phi) is 7.01. The van der Waals surface area contributed by atoms with Gasteiger partial charge in [-0.15, -0.1) is 0 Å². The van der Waals surface area contributed by atoms with E-state index in [0.717, 1.165) is 28.2 Å². The first kappa shape index (κ1) is 29.2. The van der Waals surface area contributed by atoms with Crippen LogP contribution in [0.5, 0.6) is 0 Å². The van der Waals surface area contributed by atoms with E-state index in [1.807, 2.05) is 0 Å².